The Hall–Kier alpha value is -1.79. The quantitative estimate of drug-likeness (QED) is 0.487. The summed E-state index contributed by atoms with van der Waals surface area (Å²) in [6.45, 7) is -0.741. The fourth-order valence-electron chi connectivity index (χ4n) is 1.18. The lowest BCUT2D eigenvalue weighted by atomic mass is 10.2. The lowest BCUT2D eigenvalue weighted by molar-refractivity contribution is 0.00912. The maximum Gasteiger partial charge on any atom is 0.342 e. The predicted octanol–water partition coefficient (Wildman–Crippen LogP) is -0.213. The van der Waals surface area contributed by atoms with Crippen LogP contribution < -0.4 is 10.5 Å². The molecule has 0 aromatic heterocycles. The monoisotopic (exact) mass is 241 g/mol. The molecule has 94 valence electrons. The number of carbonyl (C=O) groups is 1. The van der Waals surface area contributed by atoms with E-state index in [1.54, 1.807) is 6.07 Å². The van der Waals surface area contributed by atoms with Crippen LogP contribution in [0.25, 0.3) is 0 Å². The molecule has 1 unspecified atom stereocenters. The van der Waals surface area contributed by atoms with Crippen molar-refractivity contribution in [2.24, 2.45) is 0 Å². The van der Waals surface area contributed by atoms with Gasteiger partial charge in [-0.25, -0.2) is 4.79 Å². The summed E-state index contributed by atoms with van der Waals surface area (Å²) < 4.78 is 9.78. The lowest BCUT2D eigenvalue weighted by Gasteiger charge is -2.11. The number of ether oxygens (including phenoxy) is 2. The van der Waals surface area contributed by atoms with Crippen LogP contribution in [0.1, 0.15) is 10.4 Å². The Kier molecular flexibility index (Phi) is 4.74. The molecule has 0 spiro atoms. The van der Waals surface area contributed by atoms with E-state index in [0.717, 1.165) is 0 Å². The average Bonchev–Trinajstić information content (AvgIpc) is 2.35. The number of methoxy groups -OCH3 is 1. The van der Waals surface area contributed by atoms with Crippen molar-refractivity contribution >= 4 is 11.7 Å². The minimum Gasteiger partial charge on any atom is -0.496 e. The van der Waals surface area contributed by atoms with Gasteiger partial charge in [-0.05, 0) is 12.1 Å². The molecule has 4 N–H and O–H groups in total. The van der Waals surface area contributed by atoms with E-state index >= 15 is 0 Å². The summed E-state index contributed by atoms with van der Waals surface area (Å²) in [7, 11) is 1.41. The van der Waals surface area contributed by atoms with Crippen molar-refractivity contribution in [3.8, 4) is 5.75 Å². The molecule has 0 aliphatic carbocycles. The van der Waals surface area contributed by atoms with E-state index in [4.69, 9.17) is 25.4 Å². The van der Waals surface area contributed by atoms with Gasteiger partial charge in [0, 0.05) is 11.8 Å². The van der Waals surface area contributed by atoms with Gasteiger partial charge in [0.25, 0.3) is 0 Å². The molecule has 1 aromatic rings. The predicted molar refractivity (Wildman–Crippen MR) is 60.8 cm³/mol. The molecule has 0 aliphatic heterocycles. The van der Waals surface area contributed by atoms with E-state index < -0.39 is 18.7 Å². The van der Waals surface area contributed by atoms with Gasteiger partial charge in [0.05, 0.1) is 13.7 Å². The summed E-state index contributed by atoms with van der Waals surface area (Å²) in [6, 6.07) is 4.52. The minimum absolute atomic E-state index is 0.215. The van der Waals surface area contributed by atoms with Crippen LogP contribution in [-0.2, 0) is 4.74 Å². The highest BCUT2D eigenvalue weighted by atomic mass is 16.5. The number of rotatable bonds is 5. The Labute approximate surface area is 98.6 Å². The van der Waals surface area contributed by atoms with Gasteiger partial charge < -0.3 is 25.4 Å². The number of anilines is 1. The molecule has 0 bridgehead atoms. The van der Waals surface area contributed by atoms with Crippen LogP contribution in [0.15, 0.2) is 18.2 Å². The number of aliphatic hydroxyl groups is 2. The van der Waals surface area contributed by atoms with Gasteiger partial charge in [-0.15, -0.1) is 0 Å². The van der Waals surface area contributed by atoms with E-state index in [9.17, 15) is 4.79 Å². The van der Waals surface area contributed by atoms with Crippen LogP contribution in [0.4, 0.5) is 5.69 Å². The molecule has 17 heavy (non-hydrogen) atoms. The molecule has 0 saturated heterocycles. The number of nitrogen functional groups attached to an aromatic ring is 1. The Bertz CT molecular complexity index is 393. The third-order valence-electron chi connectivity index (χ3n) is 2.06. The zero-order valence-corrected chi connectivity index (χ0v) is 9.42. The van der Waals surface area contributed by atoms with Crippen LogP contribution in [-0.4, -0.2) is 42.6 Å². The number of hydrogen-bond donors (Lipinski definition) is 3. The number of esters is 1. The van der Waals surface area contributed by atoms with Gasteiger partial charge in [0.2, 0.25) is 0 Å². The second-order valence-electron chi connectivity index (χ2n) is 3.39. The zero-order chi connectivity index (χ0) is 12.8. The summed E-state index contributed by atoms with van der Waals surface area (Å²) >= 11 is 0. The van der Waals surface area contributed by atoms with Gasteiger partial charge in [-0.3, -0.25) is 0 Å². The maximum atomic E-state index is 11.6. The normalized spacial score (nSPS) is 11.9. The van der Waals surface area contributed by atoms with Crippen LogP contribution >= 0.6 is 0 Å². The molecule has 0 fully saturated rings. The van der Waals surface area contributed by atoms with Crippen LogP contribution in [0.5, 0.6) is 5.75 Å². The van der Waals surface area contributed by atoms with Crippen molar-refractivity contribution in [2.45, 2.75) is 6.10 Å². The fourth-order valence-corrected chi connectivity index (χ4v) is 1.18. The molecule has 0 radical (unpaired) electrons. The lowest BCUT2D eigenvalue weighted by Crippen LogP contribution is -2.22. The largest absolute Gasteiger partial charge is 0.496 e. The first-order chi connectivity index (χ1) is 8.08. The van der Waals surface area contributed by atoms with Crippen molar-refractivity contribution in [1.82, 2.24) is 0 Å². The van der Waals surface area contributed by atoms with Crippen molar-refractivity contribution in [2.75, 3.05) is 26.1 Å². The molecular weight excluding hydrogens is 226 g/mol. The van der Waals surface area contributed by atoms with Crippen molar-refractivity contribution in [3.63, 3.8) is 0 Å². The smallest absolute Gasteiger partial charge is 0.342 e. The highest BCUT2D eigenvalue weighted by Gasteiger charge is 2.15. The Morgan fingerprint density at radius 1 is 1.53 bits per heavy atom. The summed E-state index contributed by atoms with van der Waals surface area (Å²) in [5.74, 6) is -0.345. The molecule has 1 aromatic carbocycles. The Morgan fingerprint density at radius 3 is 2.82 bits per heavy atom. The Morgan fingerprint density at radius 2 is 2.24 bits per heavy atom. The molecule has 0 amide bonds. The third-order valence-corrected chi connectivity index (χ3v) is 2.06. The van der Waals surface area contributed by atoms with E-state index in [2.05, 4.69) is 0 Å². The molecule has 0 aliphatic rings. The second kappa shape index (κ2) is 6.07. The highest BCUT2D eigenvalue weighted by molar-refractivity contribution is 5.93. The Balaban J connectivity index is 2.75. The van der Waals surface area contributed by atoms with E-state index in [-0.39, 0.29) is 12.2 Å². The summed E-state index contributed by atoms with van der Waals surface area (Å²) in [5, 5.41) is 17.6. The molecule has 6 nitrogen and oxygen atoms in total. The van der Waals surface area contributed by atoms with Crippen molar-refractivity contribution in [1.29, 1.82) is 0 Å². The fraction of sp³-hybridized carbons (Fsp3) is 0.364. The van der Waals surface area contributed by atoms with Crippen LogP contribution in [0, 0.1) is 0 Å². The summed E-state index contributed by atoms with van der Waals surface area (Å²) in [6.07, 6.45) is -1.08. The second-order valence-corrected chi connectivity index (χ2v) is 3.39. The van der Waals surface area contributed by atoms with Gasteiger partial charge in [0.15, 0.2) is 0 Å². The standard InChI is InChI=1S/C11H15NO5/c1-16-10-4-7(12)2-3-9(10)11(15)17-6-8(14)5-13/h2-4,8,13-14H,5-6,12H2,1H3. The number of aliphatic hydroxyl groups excluding tert-OH is 2. The number of hydrogen-bond acceptors (Lipinski definition) is 6. The van der Waals surface area contributed by atoms with Gasteiger partial charge >= 0.3 is 5.97 Å². The molecule has 0 saturated carbocycles. The number of carbonyl (C=O) groups excluding carboxylic acids is 1. The minimum atomic E-state index is -1.08. The van der Waals surface area contributed by atoms with Crippen molar-refractivity contribution < 1.29 is 24.5 Å². The van der Waals surface area contributed by atoms with E-state index in [0.29, 0.717) is 11.4 Å². The van der Waals surface area contributed by atoms with Gasteiger partial charge in [-0.1, -0.05) is 0 Å². The third kappa shape index (κ3) is 3.61. The maximum absolute atomic E-state index is 11.6. The first-order valence-electron chi connectivity index (χ1n) is 4.98. The zero-order valence-electron chi connectivity index (χ0n) is 9.42. The SMILES string of the molecule is COc1cc(N)ccc1C(=O)OCC(O)CO. The summed E-state index contributed by atoms with van der Waals surface area (Å²) in [5.41, 5.74) is 6.22. The molecule has 1 atom stereocenters. The van der Waals surface area contributed by atoms with Crippen molar-refractivity contribution in [3.05, 3.63) is 23.8 Å². The van der Waals surface area contributed by atoms with E-state index in [1.807, 2.05) is 0 Å². The van der Waals surface area contributed by atoms with Gasteiger partial charge in [0.1, 0.15) is 24.0 Å². The van der Waals surface area contributed by atoms with Crippen LogP contribution in [0.3, 0.4) is 0 Å². The molecule has 0 heterocycles. The first-order valence-corrected chi connectivity index (χ1v) is 4.98. The molecule has 6 heteroatoms. The number of nitrogens with two attached hydrogens (primary N) is 1. The topological polar surface area (TPSA) is 102 Å². The highest BCUT2D eigenvalue weighted by Crippen LogP contribution is 2.22. The summed E-state index contributed by atoms with van der Waals surface area (Å²) in [4.78, 5) is 11.6. The van der Waals surface area contributed by atoms with E-state index in [1.165, 1.54) is 19.2 Å². The van der Waals surface area contributed by atoms with Crippen LogP contribution in [0.2, 0.25) is 0 Å². The molecular formula is C11H15NO5. The average molecular weight is 241 g/mol. The number of benzene rings is 1. The van der Waals surface area contributed by atoms with Gasteiger partial charge in [-0.2, -0.15) is 0 Å². The molecule has 1 rings (SSSR count). The first kappa shape index (κ1) is 13.3.